The number of methoxy groups -OCH3 is 1. The fourth-order valence-electron chi connectivity index (χ4n) is 2.08. The first-order valence-corrected chi connectivity index (χ1v) is 6.16. The van der Waals surface area contributed by atoms with E-state index in [0.717, 1.165) is 25.1 Å². The second-order valence-electron chi connectivity index (χ2n) is 4.54. The van der Waals surface area contributed by atoms with Crippen LogP contribution in [0.4, 0.5) is 11.4 Å². The van der Waals surface area contributed by atoms with Crippen molar-refractivity contribution in [3.05, 3.63) is 33.9 Å². The molecule has 0 saturated heterocycles. The summed E-state index contributed by atoms with van der Waals surface area (Å²) in [5, 5.41) is 10.8. The third kappa shape index (κ3) is 3.08. The molecule has 0 aromatic heterocycles. The molecular weight excluding hydrogens is 248 g/mol. The van der Waals surface area contributed by atoms with Crippen molar-refractivity contribution in [2.45, 2.75) is 18.9 Å². The molecule has 1 aromatic rings. The van der Waals surface area contributed by atoms with E-state index in [0.29, 0.717) is 18.9 Å². The average Bonchev–Trinajstić information content (AvgIpc) is 3.23. The van der Waals surface area contributed by atoms with Crippen molar-refractivity contribution in [1.29, 1.82) is 0 Å². The Morgan fingerprint density at radius 1 is 1.53 bits per heavy atom. The van der Waals surface area contributed by atoms with Gasteiger partial charge in [-0.2, -0.15) is 0 Å². The van der Waals surface area contributed by atoms with Crippen LogP contribution in [0.2, 0.25) is 0 Å². The van der Waals surface area contributed by atoms with Crippen LogP contribution in [0.1, 0.15) is 23.2 Å². The number of nitro benzene ring substituents is 1. The predicted octanol–water partition coefficient (Wildman–Crippen LogP) is 2.02. The van der Waals surface area contributed by atoms with Gasteiger partial charge in [0.05, 0.1) is 17.1 Å². The molecule has 1 fully saturated rings. The molecule has 0 N–H and O–H groups in total. The Bertz CT molecular complexity index is 486. The maximum absolute atomic E-state index is 11.0. The van der Waals surface area contributed by atoms with Gasteiger partial charge in [0.1, 0.15) is 0 Å². The predicted molar refractivity (Wildman–Crippen MR) is 70.7 cm³/mol. The molecule has 0 unspecified atom stereocenters. The maximum atomic E-state index is 11.0. The van der Waals surface area contributed by atoms with E-state index in [4.69, 9.17) is 4.74 Å². The molecule has 0 atom stereocenters. The van der Waals surface area contributed by atoms with Gasteiger partial charge in [-0.15, -0.1) is 0 Å². The van der Waals surface area contributed by atoms with Gasteiger partial charge in [0.2, 0.25) is 0 Å². The topological polar surface area (TPSA) is 72.7 Å². The maximum Gasteiger partial charge on any atom is 0.280 e. The molecule has 6 nitrogen and oxygen atoms in total. The molecule has 19 heavy (non-hydrogen) atoms. The van der Waals surface area contributed by atoms with E-state index in [1.165, 1.54) is 6.07 Å². The zero-order valence-electron chi connectivity index (χ0n) is 10.7. The molecule has 102 valence electrons. The van der Waals surface area contributed by atoms with Crippen molar-refractivity contribution in [2.24, 2.45) is 0 Å². The zero-order valence-corrected chi connectivity index (χ0v) is 10.7. The van der Waals surface area contributed by atoms with Gasteiger partial charge < -0.3 is 9.64 Å². The molecule has 1 aliphatic rings. The lowest BCUT2D eigenvalue weighted by Crippen LogP contribution is -2.29. The van der Waals surface area contributed by atoms with Crippen LogP contribution in [0.5, 0.6) is 0 Å². The van der Waals surface area contributed by atoms with Crippen molar-refractivity contribution in [2.75, 3.05) is 25.2 Å². The molecule has 0 heterocycles. The van der Waals surface area contributed by atoms with Crippen LogP contribution >= 0.6 is 0 Å². The normalized spacial score (nSPS) is 14.2. The Balaban J connectivity index is 2.27. The number of nitrogens with zero attached hydrogens (tertiary/aromatic N) is 2. The number of hydrogen-bond donors (Lipinski definition) is 0. The molecule has 1 saturated carbocycles. The molecular formula is C13H16N2O4. The van der Waals surface area contributed by atoms with Gasteiger partial charge in [0, 0.05) is 31.5 Å². The van der Waals surface area contributed by atoms with Gasteiger partial charge in [0.25, 0.3) is 5.69 Å². The summed E-state index contributed by atoms with van der Waals surface area (Å²) in [5.41, 5.74) is 0.805. The highest BCUT2D eigenvalue weighted by molar-refractivity contribution is 5.83. The minimum Gasteiger partial charge on any atom is -0.383 e. The third-order valence-electron chi connectivity index (χ3n) is 3.19. The van der Waals surface area contributed by atoms with E-state index in [2.05, 4.69) is 4.90 Å². The summed E-state index contributed by atoms with van der Waals surface area (Å²) in [6.45, 7) is 1.31. The van der Waals surface area contributed by atoms with Gasteiger partial charge in [0.15, 0.2) is 6.29 Å². The lowest BCUT2D eigenvalue weighted by atomic mass is 10.1. The molecule has 0 aliphatic heterocycles. The summed E-state index contributed by atoms with van der Waals surface area (Å²) < 4.78 is 5.07. The minimum absolute atomic E-state index is 0.116. The number of aldehydes is 1. The number of carbonyl (C=O) groups is 1. The van der Waals surface area contributed by atoms with Crippen molar-refractivity contribution < 1.29 is 14.5 Å². The molecule has 0 amide bonds. The number of nitro groups is 1. The van der Waals surface area contributed by atoms with Crippen LogP contribution in [0.15, 0.2) is 18.2 Å². The number of ether oxygens (including phenoxy) is 1. The fraction of sp³-hybridized carbons (Fsp3) is 0.462. The van der Waals surface area contributed by atoms with Crippen LogP contribution in [0.3, 0.4) is 0 Å². The SMILES string of the molecule is COCCN(c1ccc([N+](=O)[O-])c(C=O)c1)C1CC1. The highest BCUT2D eigenvalue weighted by Gasteiger charge is 2.29. The third-order valence-corrected chi connectivity index (χ3v) is 3.19. The van der Waals surface area contributed by atoms with E-state index >= 15 is 0 Å². The van der Waals surface area contributed by atoms with Crippen molar-refractivity contribution in [3.63, 3.8) is 0 Å². The summed E-state index contributed by atoms with van der Waals surface area (Å²) >= 11 is 0. The van der Waals surface area contributed by atoms with Crippen molar-refractivity contribution >= 4 is 17.7 Å². The van der Waals surface area contributed by atoms with Gasteiger partial charge in [-0.25, -0.2) is 0 Å². The Morgan fingerprint density at radius 3 is 2.79 bits per heavy atom. The lowest BCUT2D eigenvalue weighted by molar-refractivity contribution is -0.385. The standard InChI is InChI=1S/C13H16N2O4/c1-19-7-6-14(11-2-3-11)12-4-5-13(15(17)18)10(8-12)9-16/h4-5,8-9,11H,2-3,6-7H2,1H3. The van der Waals surface area contributed by atoms with E-state index in [1.807, 2.05) is 0 Å². The summed E-state index contributed by atoms with van der Waals surface area (Å²) in [7, 11) is 1.64. The van der Waals surface area contributed by atoms with Crippen molar-refractivity contribution in [1.82, 2.24) is 0 Å². The quantitative estimate of drug-likeness (QED) is 0.428. The smallest absolute Gasteiger partial charge is 0.280 e. The van der Waals surface area contributed by atoms with Gasteiger partial charge >= 0.3 is 0 Å². The van der Waals surface area contributed by atoms with Crippen LogP contribution in [0, 0.1) is 10.1 Å². The van der Waals surface area contributed by atoms with Crippen LogP contribution in [-0.2, 0) is 4.74 Å². The number of benzene rings is 1. The van der Waals surface area contributed by atoms with E-state index < -0.39 is 4.92 Å². The van der Waals surface area contributed by atoms with Gasteiger partial charge in [-0.1, -0.05) is 0 Å². The molecule has 2 rings (SSSR count). The van der Waals surface area contributed by atoms with Crippen LogP contribution in [0.25, 0.3) is 0 Å². The monoisotopic (exact) mass is 264 g/mol. The van der Waals surface area contributed by atoms with E-state index in [-0.39, 0.29) is 11.3 Å². The molecule has 6 heteroatoms. The first kappa shape index (κ1) is 13.5. The summed E-state index contributed by atoms with van der Waals surface area (Å²) in [6, 6.07) is 5.12. The first-order valence-electron chi connectivity index (χ1n) is 6.16. The summed E-state index contributed by atoms with van der Waals surface area (Å²) in [5.74, 6) is 0. The van der Waals surface area contributed by atoms with Gasteiger partial charge in [-0.05, 0) is 25.0 Å². The highest BCUT2D eigenvalue weighted by Crippen LogP contribution is 2.33. The lowest BCUT2D eigenvalue weighted by Gasteiger charge is -2.24. The Morgan fingerprint density at radius 2 is 2.26 bits per heavy atom. The van der Waals surface area contributed by atoms with Crippen LogP contribution < -0.4 is 4.90 Å². The number of rotatable bonds is 7. The second kappa shape index (κ2) is 5.79. The van der Waals surface area contributed by atoms with E-state index in [9.17, 15) is 14.9 Å². The molecule has 0 radical (unpaired) electrons. The first-order chi connectivity index (χ1) is 9.17. The Labute approximate surface area is 111 Å². The second-order valence-corrected chi connectivity index (χ2v) is 4.54. The minimum atomic E-state index is -0.538. The number of hydrogen-bond acceptors (Lipinski definition) is 5. The van der Waals surface area contributed by atoms with Crippen molar-refractivity contribution in [3.8, 4) is 0 Å². The van der Waals surface area contributed by atoms with Crippen LogP contribution in [-0.4, -0.2) is 37.5 Å². The average molecular weight is 264 g/mol. The summed E-state index contributed by atoms with van der Waals surface area (Å²) in [4.78, 5) is 23.4. The zero-order chi connectivity index (χ0) is 13.8. The molecule has 0 spiro atoms. The van der Waals surface area contributed by atoms with Gasteiger partial charge in [-0.3, -0.25) is 14.9 Å². The highest BCUT2D eigenvalue weighted by atomic mass is 16.6. The summed E-state index contributed by atoms with van der Waals surface area (Å²) in [6.07, 6.45) is 2.75. The molecule has 1 aromatic carbocycles. The Hall–Kier alpha value is -1.95. The number of carbonyl (C=O) groups excluding carboxylic acids is 1. The number of anilines is 1. The largest absolute Gasteiger partial charge is 0.383 e. The Kier molecular flexibility index (Phi) is 4.11. The molecule has 0 bridgehead atoms. The van der Waals surface area contributed by atoms with E-state index in [1.54, 1.807) is 19.2 Å². The fourth-order valence-corrected chi connectivity index (χ4v) is 2.08. The molecule has 1 aliphatic carbocycles.